The molecule has 0 saturated carbocycles. The van der Waals surface area contributed by atoms with Gasteiger partial charge in [-0.25, -0.2) is 14.4 Å². The number of pyridine rings is 2. The van der Waals surface area contributed by atoms with Gasteiger partial charge < -0.3 is 9.72 Å². The summed E-state index contributed by atoms with van der Waals surface area (Å²) in [6, 6.07) is 15.6. The Kier molecular flexibility index (Phi) is 4.10. The van der Waals surface area contributed by atoms with Crippen molar-refractivity contribution >= 4 is 23.0 Å². The highest BCUT2D eigenvalue weighted by atomic mass is 19.1. The molecule has 0 aliphatic heterocycles. The Morgan fingerprint density at radius 1 is 0.967 bits per heavy atom. The molecule has 4 heterocycles. The number of imidazole rings is 2. The van der Waals surface area contributed by atoms with E-state index >= 15 is 0 Å². The van der Waals surface area contributed by atoms with Gasteiger partial charge in [0, 0.05) is 23.7 Å². The molecule has 0 bridgehead atoms. The summed E-state index contributed by atoms with van der Waals surface area (Å²) < 4.78 is 17.1. The van der Waals surface area contributed by atoms with Gasteiger partial charge in [-0.2, -0.15) is 0 Å². The summed E-state index contributed by atoms with van der Waals surface area (Å²) in [4.78, 5) is 22.2. The molecule has 4 aromatic heterocycles. The van der Waals surface area contributed by atoms with Gasteiger partial charge in [0.25, 0.3) is 5.91 Å². The first-order valence-corrected chi connectivity index (χ1v) is 9.50. The first kappa shape index (κ1) is 18.1. The number of halogens is 1. The molecule has 0 unspecified atom stereocenters. The second kappa shape index (κ2) is 6.81. The van der Waals surface area contributed by atoms with E-state index in [9.17, 15) is 9.18 Å². The largest absolute Gasteiger partial charge is 0.304 e. The fourth-order valence-corrected chi connectivity index (χ4v) is 3.50. The number of rotatable bonds is 3. The molecule has 1 amide bonds. The van der Waals surface area contributed by atoms with E-state index in [4.69, 9.17) is 0 Å². The number of hydrogen-bond donors (Lipinski definition) is 1. The Balaban J connectivity index is 1.61. The van der Waals surface area contributed by atoms with E-state index in [1.807, 2.05) is 59.2 Å². The minimum atomic E-state index is -0.344. The summed E-state index contributed by atoms with van der Waals surface area (Å²) in [5, 5.41) is 2.95. The Morgan fingerprint density at radius 2 is 1.77 bits per heavy atom. The van der Waals surface area contributed by atoms with Crippen molar-refractivity contribution in [2.24, 2.45) is 0 Å². The van der Waals surface area contributed by atoms with E-state index < -0.39 is 0 Å². The van der Waals surface area contributed by atoms with Crippen molar-refractivity contribution < 1.29 is 9.18 Å². The Labute approximate surface area is 171 Å². The van der Waals surface area contributed by atoms with Crippen LogP contribution in [0.5, 0.6) is 0 Å². The molecule has 0 saturated heterocycles. The molecule has 0 atom stereocenters. The third-order valence-electron chi connectivity index (χ3n) is 5.06. The van der Waals surface area contributed by atoms with Gasteiger partial charge in [0.1, 0.15) is 34.3 Å². The maximum Gasteiger partial charge on any atom is 0.277 e. The molecule has 1 aromatic carbocycles. The molecular weight excluding hydrogens is 381 g/mol. The van der Waals surface area contributed by atoms with Crippen LogP contribution in [0.2, 0.25) is 0 Å². The second-order valence-corrected chi connectivity index (χ2v) is 7.22. The first-order chi connectivity index (χ1) is 14.5. The Bertz CT molecular complexity index is 1420. The monoisotopic (exact) mass is 399 g/mol. The molecule has 5 rings (SSSR count). The number of hydrogen-bond acceptors (Lipinski definition) is 3. The van der Waals surface area contributed by atoms with Crippen molar-refractivity contribution in [2.75, 3.05) is 5.32 Å². The summed E-state index contributed by atoms with van der Waals surface area (Å²) in [5.74, 6) is -0.164. The van der Waals surface area contributed by atoms with E-state index in [2.05, 4.69) is 15.3 Å². The quantitative estimate of drug-likeness (QED) is 0.480. The fourth-order valence-electron chi connectivity index (χ4n) is 3.50. The van der Waals surface area contributed by atoms with Crippen molar-refractivity contribution in [3.05, 3.63) is 89.8 Å². The topological polar surface area (TPSA) is 63.7 Å². The maximum absolute atomic E-state index is 13.4. The first-order valence-electron chi connectivity index (χ1n) is 9.50. The molecule has 7 heteroatoms. The standard InChI is InChI=1S/C23H18FN5O/c1-14-10-11-28-20(12-14)26-21(16-6-8-17(24)9-7-16)22(28)27-23(30)18-13-29-15(2)4-3-5-19(29)25-18/h3-13H,1-2H3,(H,27,30). The van der Waals surface area contributed by atoms with Crippen LogP contribution in [0.3, 0.4) is 0 Å². The lowest BCUT2D eigenvalue weighted by Gasteiger charge is -2.07. The normalized spacial score (nSPS) is 11.3. The fraction of sp³-hybridized carbons (Fsp3) is 0.0870. The van der Waals surface area contributed by atoms with Crippen molar-refractivity contribution in [1.29, 1.82) is 0 Å². The summed E-state index contributed by atoms with van der Waals surface area (Å²) in [5.41, 5.74) is 5.00. The number of benzene rings is 1. The molecule has 1 N–H and O–H groups in total. The van der Waals surface area contributed by atoms with Crippen LogP contribution in [0, 0.1) is 19.7 Å². The number of aromatic nitrogens is 4. The molecule has 0 fully saturated rings. The van der Waals surface area contributed by atoms with E-state index in [0.29, 0.717) is 34.1 Å². The van der Waals surface area contributed by atoms with Gasteiger partial charge in [0.05, 0.1) is 0 Å². The van der Waals surface area contributed by atoms with Crippen LogP contribution in [0.4, 0.5) is 10.2 Å². The van der Waals surface area contributed by atoms with Gasteiger partial charge in [-0.05, 0) is 67.9 Å². The van der Waals surface area contributed by atoms with E-state index in [-0.39, 0.29) is 11.7 Å². The summed E-state index contributed by atoms with van der Waals surface area (Å²) in [7, 11) is 0. The van der Waals surface area contributed by atoms with Crippen molar-refractivity contribution in [3.63, 3.8) is 0 Å². The zero-order valence-corrected chi connectivity index (χ0v) is 16.4. The van der Waals surface area contributed by atoms with Crippen LogP contribution in [0.25, 0.3) is 22.6 Å². The number of fused-ring (bicyclic) bond motifs is 2. The number of nitrogens with zero attached hydrogens (tertiary/aromatic N) is 4. The van der Waals surface area contributed by atoms with Gasteiger partial charge in [0.2, 0.25) is 0 Å². The SMILES string of the molecule is Cc1ccn2c(NC(=O)c3cn4c(C)cccc4n3)c(-c3ccc(F)cc3)nc2c1. The van der Waals surface area contributed by atoms with Crippen LogP contribution < -0.4 is 5.32 Å². The minimum absolute atomic E-state index is 0.302. The molecule has 6 nitrogen and oxygen atoms in total. The van der Waals surface area contributed by atoms with E-state index in [1.165, 1.54) is 12.1 Å². The third kappa shape index (κ3) is 3.00. The molecule has 0 spiro atoms. The highest BCUT2D eigenvalue weighted by Gasteiger charge is 2.19. The van der Waals surface area contributed by atoms with Gasteiger partial charge in [-0.3, -0.25) is 9.20 Å². The molecule has 0 radical (unpaired) electrons. The highest BCUT2D eigenvalue weighted by Crippen LogP contribution is 2.29. The van der Waals surface area contributed by atoms with Crippen LogP contribution in [0.15, 0.2) is 67.0 Å². The number of anilines is 1. The van der Waals surface area contributed by atoms with Crippen molar-refractivity contribution in [1.82, 2.24) is 18.8 Å². The molecule has 148 valence electrons. The lowest BCUT2D eigenvalue weighted by molar-refractivity contribution is 0.102. The average molecular weight is 399 g/mol. The highest BCUT2D eigenvalue weighted by molar-refractivity contribution is 6.05. The summed E-state index contributed by atoms with van der Waals surface area (Å²) >= 11 is 0. The zero-order valence-electron chi connectivity index (χ0n) is 16.4. The number of nitrogens with one attached hydrogen (secondary N) is 1. The molecule has 0 aliphatic carbocycles. The average Bonchev–Trinajstić information content (AvgIpc) is 3.31. The molecule has 5 aromatic rings. The lowest BCUT2D eigenvalue weighted by Crippen LogP contribution is -2.14. The summed E-state index contributed by atoms with van der Waals surface area (Å²) in [6.07, 6.45) is 3.57. The van der Waals surface area contributed by atoms with Crippen molar-refractivity contribution in [2.45, 2.75) is 13.8 Å². The van der Waals surface area contributed by atoms with E-state index in [0.717, 1.165) is 11.3 Å². The van der Waals surface area contributed by atoms with Crippen LogP contribution in [-0.2, 0) is 0 Å². The van der Waals surface area contributed by atoms with Gasteiger partial charge in [-0.1, -0.05) is 6.07 Å². The smallest absolute Gasteiger partial charge is 0.277 e. The lowest BCUT2D eigenvalue weighted by atomic mass is 10.1. The third-order valence-corrected chi connectivity index (χ3v) is 5.06. The summed E-state index contributed by atoms with van der Waals surface area (Å²) in [6.45, 7) is 3.93. The zero-order chi connectivity index (χ0) is 20.8. The second-order valence-electron chi connectivity index (χ2n) is 7.22. The molecule has 0 aliphatic rings. The van der Waals surface area contributed by atoms with Crippen LogP contribution in [0.1, 0.15) is 21.7 Å². The van der Waals surface area contributed by atoms with E-state index in [1.54, 1.807) is 18.3 Å². The number of carbonyl (C=O) groups excluding carboxylic acids is 1. The predicted octanol–water partition coefficient (Wildman–Crippen LogP) is 4.66. The number of amides is 1. The van der Waals surface area contributed by atoms with Gasteiger partial charge in [-0.15, -0.1) is 0 Å². The van der Waals surface area contributed by atoms with Crippen molar-refractivity contribution in [3.8, 4) is 11.3 Å². The Hall–Kier alpha value is -4.00. The molecular formula is C23H18FN5O. The molecule has 30 heavy (non-hydrogen) atoms. The minimum Gasteiger partial charge on any atom is -0.304 e. The number of carbonyl (C=O) groups is 1. The van der Waals surface area contributed by atoms with Crippen LogP contribution >= 0.6 is 0 Å². The van der Waals surface area contributed by atoms with Gasteiger partial charge in [0.15, 0.2) is 0 Å². The predicted molar refractivity (Wildman–Crippen MR) is 113 cm³/mol. The maximum atomic E-state index is 13.4. The van der Waals surface area contributed by atoms with Gasteiger partial charge >= 0.3 is 0 Å². The van der Waals surface area contributed by atoms with Crippen LogP contribution in [-0.4, -0.2) is 24.7 Å². The Morgan fingerprint density at radius 3 is 2.53 bits per heavy atom. The number of aryl methyl sites for hydroxylation is 2.